The highest BCUT2D eigenvalue weighted by Gasteiger charge is 2.30. The molecule has 1 heterocycles. The number of amides is 1. The predicted octanol–water partition coefficient (Wildman–Crippen LogP) is 5.11. The molecule has 0 saturated heterocycles. The van der Waals surface area contributed by atoms with Gasteiger partial charge < -0.3 is 14.8 Å². The second kappa shape index (κ2) is 7.31. The van der Waals surface area contributed by atoms with Crippen LogP contribution in [0.3, 0.4) is 0 Å². The van der Waals surface area contributed by atoms with Crippen molar-refractivity contribution in [2.24, 2.45) is 0 Å². The molecule has 1 N–H and O–H groups in total. The third kappa shape index (κ3) is 3.12. The Morgan fingerprint density at radius 3 is 2.70 bits per heavy atom. The lowest BCUT2D eigenvalue weighted by Crippen LogP contribution is -2.24. The molecule has 4 rings (SSSR count). The van der Waals surface area contributed by atoms with Crippen molar-refractivity contribution in [3.63, 3.8) is 0 Å². The molecule has 0 aromatic heterocycles. The van der Waals surface area contributed by atoms with Crippen molar-refractivity contribution in [3.8, 4) is 11.5 Å². The molecule has 1 aliphatic rings. The van der Waals surface area contributed by atoms with Crippen LogP contribution in [0.4, 0.5) is 5.69 Å². The van der Waals surface area contributed by atoms with Crippen LogP contribution in [0.15, 0.2) is 54.6 Å². The summed E-state index contributed by atoms with van der Waals surface area (Å²) in [6, 6.07) is 18.3. The van der Waals surface area contributed by atoms with Crippen LogP contribution < -0.4 is 14.8 Å². The van der Waals surface area contributed by atoms with Crippen LogP contribution in [0.25, 0.3) is 10.8 Å². The molecule has 3 aromatic rings. The van der Waals surface area contributed by atoms with Gasteiger partial charge in [-0.2, -0.15) is 0 Å². The number of methoxy groups -OCH3 is 1. The van der Waals surface area contributed by atoms with E-state index < -0.39 is 0 Å². The molecular formula is C23H23NO3. The van der Waals surface area contributed by atoms with E-state index in [-0.39, 0.29) is 11.8 Å². The van der Waals surface area contributed by atoms with Gasteiger partial charge in [0.05, 0.1) is 19.4 Å². The van der Waals surface area contributed by atoms with Gasteiger partial charge in [0.1, 0.15) is 0 Å². The van der Waals surface area contributed by atoms with Gasteiger partial charge in [0.15, 0.2) is 11.5 Å². The maximum atomic E-state index is 12.5. The van der Waals surface area contributed by atoms with Gasteiger partial charge in [-0.3, -0.25) is 4.79 Å². The number of carbonyl (C=O) groups is 1. The monoisotopic (exact) mass is 361 g/mol. The van der Waals surface area contributed by atoms with E-state index in [1.807, 2.05) is 30.3 Å². The van der Waals surface area contributed by atoms with Crippen molar-refractivity contribution in [2.75, 3.05) is 19.0 Å². The van der Waals surface area contributed by atoms with Gasteiger partial charge in [0.2, 0.25) is 5.91 Å². The SMILES string of the molecule is CCCOc1c(OC)cccc1C1CC(=O)Nc2c1ccc1ccccc21. The van der Waals surface area contributed by atoms with Gasteiger partial charge in [-0.05, 0) is 23.4 Å². The minimum atomic E-state index is -0.0692. The van der Waals surface area contributed by atoms with Crippen molar-refractivity contribution in [1.82, 2.24) is 0 Å². The third-order valence-electron chi connectivity index (χ3n) is 5.05. The van der Waals surface area contributed by atoms with E-state index in [4.69, 9.17) is 9.47 Å². The molecule has 138 valence electrons. The number of hydrogen-bond donors (Lipinski definition) is 1. The first kappa shape index (κ1) is 17.4. The van der Waals surface area contributed by atoms with E-state index in [9.17, 15) is 4.79 Å². The molecule has 27 heavy (non-hydrogen) atoms. The smallest absolute Gasteiger partial charge is 0.225 e. The zero-order valence-corrected chi connectivity index (χ0v) is 15.6. The third-order valence-corrected chi connectivity index (χ3v) is 5.05. The fourth-order valence-corrected chi connectivity index (χ4v) is 3.81. The van der Waals surface area contributed by atoms with Gasteiger partial charge in [-0.15, -0.1) is 0 Å². The van der Waals surface area contributed by atoms with Gasteiger partial charge in [0, 0.05) is 23.3 Å². The molecule has 0 spiro atoms. The molecule has 1 aliphatic heterocycles. The Morgan fingerprint density at radius 2 is 1.89 bits per heavy atom. The molecule has 4 nitrogen and oxygen atoms in total. The van der Waals surface area contributed by atoms with Crippen LogP contribution in [-0.4, -0.2) is 19.6 Å². The van der Waals surface area contributed by atoms with Crippen LogP contribution in [0.2, 0.25) is 0 Å². The van der Waals surface area contributed by atoms with Crippen LogP contribution in [0.5, 0.6) is 11.5 Å². The van der Waals surface area contributed by atoms with E-state index >= 15 is 0 Å². The zero-order valence-electron chi connectivity index (χ0n) is 15.6. The first-order valence-electron chi connectivity index (χ1n) is 9.34. The molecule has 0 saturated carbocycles. The molecule has 0 fully saturated rings. The summed E-state index contributed by atoms with van der Waals surface area (Å²) in [5, 5.41) is 5.26. The van der Waals surface area contributed by atoms with Crippen molar-refractivity contribution in [2.45, 2.75) is 25.7 Å². The number of anilines is 1. The fraction of sp³-hybridized carbons (Fsp3) is 0.261. The number of benzene rings is 3. The molecule has 1 atom stereocenters. The number of hydrogen-bond acceptors (Lipinski definition) is 3. The quantitative estimate of drug-likeness (QED) is 0.687. The minimum absolute atomic E-state index is 0.0214. The molecule has 0 bridgehead atoms. The molecule has 1 amide bonds. The van der Waals surface area contributed by atoms with E-state index in [0.717, 1.165) is 39.8 Å². The number of fused-ring (bicyclic) bond motifs is 3. The highest BCUT2D eigenvalue weighted by atomic mass is 16.5. The second-order valence-electron chi connectivity index (χ2n) is 6.78. The van der Waals surface area contributed by atoms with Gasteiger partial charge in [-0.1, -0.05) is 55.5 Å². The summed E-state index contributed by atoms with van der Waals surface area (Å²) in [4.78, 5) is 12.5. The Hall–Kier alpha value is -3.01. The van der Waals surface area contributed by atoms with Gasteiger partial charge in [0.25, 0.3) is 0 Å². The largest absolute Gasteiger partial charge is 0.493 e. The summed E-state index contributed by atoms with van der Waals surface area (Å²) in [5.41, 5.74) is 3.01. The number of ether oxygens (including phenoxy) is 2. The number of rotatable bonds is 5. The molecular weight excluding hydrogens is 338 g/mol. The van der Waals surface area contributed by atoms with Gasteiger partial charge in [-0.25, -0.2) is 0 Å². The predicted molar refractivity (Wildman–Crippen MR) is 108 cm³/mol. The summed E-state index contributed by atoms with van der Waals surface area (Å²) in [6.07, 6.45) is 1.30. The highest BCUT2D eigenvalue weighted by Crippen LogP contribution is 2.45. The second-order valence-corrected chi connectivity index (χ2v) is 6.78. The molecule has 3 aromatic carbocycles. The Kier molecular flexibility index (Phi) is 4.71. The normalized spacial score (nSPS) is 15.9. The maximum Gasteiger partial charge on any atom is 0.225 e. The first-order valence-corrected chi connectivity index (χ1v) is 9.34. The lowest BCUT2D eigenvalue weighted by molar-refractivity contribution is -0.116. The fourth-order valence-electron chi connectivity index (χ4n) is 3.81. The van der Waals surface area contributed by atoms with Crippen LogP contribution in [-0.2, 0) is 4.79 Å². The van der Waals surface area contributed by atoms with E-state index in [2.05, 4.69) is 36.5 Å². The van der Waals surface area contributed by atoms with Gasteiger partial charge >= 0.3 is 0 Å². The summed E-state index contributed by atoms with van der Waals surface area (Å²) >= 11 is 0. The van der Waals surface area contributed by atoms with Crippen molar-refractivity contribution in [1.29, 1.82) is 0 Å². The zero-order chi connectivity index (χ0) is 18.8. The number of nitrogens with one attached hydrogen (secondary N) is 1. The Balaban J connectivity index is 1.89. The van der Waals surface area contributed by atoms with E-state index in [1.54, 1.807) is 7.11 Å². The Morgan fingerprint density at radius 1 is 1.04 bits per heavy atom. The average Bonchev–Trinajstić information content (AvgIpc) is 2.71. The summed E-state index contributed by atoms with van der Waals surface area (Å²) in [7, 11) is 1.65. The van der Waals surface area contributed by atoms with Crippen molar-refractivity contribution >= 4 is 22.4 Å². The Labute approximate surface area is 159 Å². The summed E-state index contributed by atoms with van der Waals surface area (Å²) < 4.78 is 11.6. The standard InChI is InChI=1S/C23H23NO3/c1-3-13-27-23-18(9-6-10-20(23)26-2)19-14-21(25)24-22-16-8-5-4-7-15(16)11-12-17(19)22/h4-12,19H,3,13-14H2,1-2H3,(H,24,25). The van der Waals surface area contributed by atoms with E-state index in [1.165, 1.54) is 0 Å². The molecule has 0 radical (unpaired) electrons. The van der Waals surface area contributed by atoms with Crippen LogP contribution >= 0.6 is 0 Å². The summed E-state index contributed by atoms with van der Waals surface area (Å²) in [5.74, 6) is 1.39. The maximum absolute atomic E-state index is 12.5. The lowest BCUT2D eigenvalue weighted by Gasteiger charge is -2.29. The molecule has 0 aliphatic carbocycles. The van der Waals surface area contributed by atoms with Crippen molar-refractivity contribution in [3.05, 3.63) is 65.7 Å². The molecule has 1 unspecified atom stereocenters. The number of carbonyl (C=O) groups excluding carboxylic acids is 1. The van der Waals surface area contributed by atoms with Crippen LogP contribution in [0.1, 0.15) is 36.8 Å². The number of para-hydroxylation sites is 1. The van der Waals surface area contributed by atoms with Crippen LogP contribution in [0, 0.1) is 0 Å². The summed E-state index contributed by atoms with van der Waals surface area (Å²) in [6.45, 7) is 2.68. The highest BCUT2D eigenvalue weighted by molar-refractivity contribution is 6.06. The minimum Gasteiger partial charge on any atom is -0.493 e. The topological polar surface area (TPSA) is 47.6 Å². The molecule has 4 heteroatoms. The average molecular weight is 361 g/mol. The first-order chi connectivity index (χ1) is 13.2. The van der Waals surface area contributed by atoms with E-state index in [0.29, 0.717) is 18.8 Å². The lowest BCUT2D eigenvalue weighted by atomic mass is 9.82. The van der Waals surface area contributed by atoms with Crippen molar-refractivity contribution < 1.29 is 14.3 Å². The Bertz CT molecular complexity index is 996.